The highest BCUT2D eigenvalue weighted by Crippen LogP contribution is 2.27. The number of carbonyl (C=O) groups excluding carboxylic acids is 1. The van der Waals surface area contributed by atoms with E-state index in [-0.39, 0.29) is 0 Å². The molecule has 0 spiro atoms. The molecular weight excluding hydrogens is 177 g/mol. The molecule has 3 nitrogen and oxygen atoms in total. The summed E-state index contributed by atoms with van der Waals surface area (Å²) in [6, 6.07) is 0. The van der Waals surface area contributed by atoms with Gasteiger partial charge in [0.2, 0.25) is 11.9 Å². The van der Waals surface area contributed by atoms with Gasteiger partial charge in [0.25, 0.3) is 0 Å². The second kappa shape index (κ2) is 2.88. The maximum Gasteiger partial charge on any atom is 0.514 e. The van der Waals surface area contributed by atoms with E-state index in [9.17, 15) is 18.0 Å². The molecule has 1 aliphatic heterocycles. The van der Waals surface area contributed by atoms with Crippen molar-refractivity contribution in [2.24, 2.45) is 0 Å². The van der Waals surface area contributed by atoms with Crippen molar-refractivity contribution in [3.63, 3.8) is 0 Å². The number of rotatable bonds is 1. The van der Waals surface area contributed by atoms with Gasteiger partial charge in [0.1, 0.15) is 0 Å². The zero-order valence-corrected chi connectivity index (χ0v) is 5.64. The van der Waals surface area contributed by atoms with Crippen LogP contribution in [-0.2, 0) is 9.47 Å². The maximum atomic E-state index is 12.4. The predicted molar refractivity (Wildman–Crippen MR) is 30.8 cm³/mol. The average molecular weight is 180 g/mol. The minimum absolute atomic E-state index is 0.481. The molecule has 12 heavy (non-hydrogen) atoms. The lowest BCUT2D eigenvalue weighted by Crippen LogP contribution is -2.09. The van der Waals surface area contributed by atoms with Gasteiger partial charge in [-0.15, -0.1) is 0 Å². The SMILES string of the molecule is C=C1OC(=O)OC1C(F)=C(F)F. The summed E-state index contributed by atoms with van der Waals surface area (Å²) >= 11 is 0. The van der Waals surface area contributed by atoms with Gasteiger partial charge < -0.3 is 9.47 Å². The third-order valence-electron chi connectivity index (χ3n) is 1.13. The van der Waals surface area contributed by atoms with E-state index in [1.807, 2.05) is 0 Å². The largest absolute Gasteiger partial charge is 0.514 e. The summed E-state index contributed by atoms with van der Waals surface area (Å²) in [7, 11) is 0. The average Bonchev–Trinajstić information content (AvgIpc) is 2.28. The summed E-state index contributed by atoms with van der Waals surface area (Å²) in [6.07, 6.45) is -5.59. The van der Waals surface area contributed by atoms with Crippen molar-refractivity contribution in [1.82, 2.24) is 0 Å². The summed E-state index contributed by atoms with van der Waals surface area (Å²) in [5.41, 5.74) is 0. The minimum atomic E-state index is -2.56. The third kappa shape index (κ3) is 1.41. The first-order valence-corrected chi connectivity index (χ1v) is 2.80. The molecule has 0 N–H and O–H groups in total. The van der Waals surface area contributed by atoms with E-state index >= 15 is 0 Å². The lowest BCUT2D eigenvalue weighted by molar-refractivity contribution is 0.118. The molecule has 0 saturated carbocycles. The fraction of sp³-hybridized carbons (Fsp3) is 0.167. The molecular formula is C6H3F3O3. The van der Waals surface area contributed by atoms with Crippen molar-refractivity contribution in [3.05, 3.63) is 24.2 Å². The number of halogens is 3. The van der Waals surface area contributed by atoms with Gasteiger partial charge in [-0.05, 0) is 0 Å². The van der Waals surface area contributed by atoms with Crippen LogP contribution in [0.2, 0.25) is 0 Å². The quantitative estimate of drug-likeness (QED) is 0.579. The molecule has 1 aliphatic rings. The Hall–Kier alpha value is -1.46. The Kier molecular flexibility index (Phi) is 2.07. The van der Waals surface area contributed by atoms with Gasteiger partial charge in [0.05, 0.1) is 0 Å². The van der Waals surface area contributed by atoms with Gasteiger partial charge in [-0.2, -0.15) is 8.78 Å². The van der Waals surface area contributed by atoms with E-state index in [0.29, 0.717) is 0 Å². The van der Waals surface area contributed by atoms with Gasteiger partial charge in [0, 0.05) is 0 Å². The van der Waals surface area contributed by atoms with Crippen LogP contribution >= 0.6 is 0 Å². The molecule has 66 valence electrons. The van der Waals surface area contributed by atoms with Gasteiger partial charge >= 0.3 is 12.2 Å². The number of cyclic esters (lactones) is 2. The number of ether oxygens (including phenoxy) is 2. The highest BCUT2D eigenvalue weighted by Gasteiger charge is 2.36. The minimum Gasteiger partial charge on any atom is -0.415 e. The fourth-order valence-corrected chi connectivity index (χ4v) is 0.639. The van der Waals surface area contributed by atoms with Crippen molar-refractivity contribution in [2.45, 2.75) is 6.10 Å². The van der Waals surface area contributed by atoms with E-state index in [1.54, 1.807) is 0 Å². The Balaban J connectivity index is 2.85. The van der Waals surface area contributed by atoms with Crippen LogP contribution in [-0.4, -0.2) is 12.3 Å². The first kappa shape index (κ1) is 8.63. The topological polar surface area (TPSA) is 35.5 Å². The van der Waals surface area contributed by atoms with Crippen LogP contribution in [0.4, 0.5) is 18.0 Å². The van der Waals surface area contributed by atoms with Gasteiger partial charge in [0.15, 0.2) is 5.76 Å². The van der Waals surface area contributed by atoms with E-state index in [0.717, 1.165) is 0 Å². The van der Waals surface area contributed by atoms with Gasteiger partial charge in [-0.1, -0.05) is 6.58 Å². The van der Waals surface area contributed by atoms with Crippen molar-refractivity contribution in [1.29, 1.82) is 0 Å². The summed E-state index contributed by atoms with van der Waals surface area (Å²) < 4.78 is 43.7. The Morgan fingerprint density at radius 3 is 2.33 bits per heavy atom. The molecule has 0 aromatic heterocycles. The molecule has 0 aromatic carbocycles. The van der Waals surface area contributed by atoms with Crippen molar-refractivity contribution in [3.8, 4) is 0 Å². The Morgan fingerprint density at radius 2 is 2.00 bits per heavy atom. The summed E-state index contributed by atoms with van der Waals surface area (Å²) in [5.74, 6) is -2.34. The predicted octanol–water partition coefficient (Wildman–Crippen LogP) is 2.11. The lowest BCUT2D eigenvalue weighted by Gasteiger charge is -2.01. The Labute approximate surface area is 65.1 Å². The first-order chi connectivity index (χ1) is 5.52. The molecule has 6 heteroatoms. The van der Waals surface area contributed by atoms with Crippen LogP contribution < -0.4 is 0 Å². The monoisotopic (exact) mass is 180 g/mol. The van der Waals surface area contributed by atoms with Crippen LogP contribution in [0, 0.1) is 0 Å². The highest BCUT2D eigenvalue weighted by molar-refractivity contribution is 5.65. The molecule has 1 fully saturated rings. The zero-order chi connectivity index (χ0) is 9.30. The zero-order valence-electron chi connectivity index (χ0n) is 5.64. The first-order valence-electron chi connectivity index (χ1n) is 2.80. The summed E-state index contributed by atoms with van der Waals surface area (Å²) in [6.45, 7) is 3.01. The van der Waals surface area contributed by atoms with Crippen molar-refractivity contribution < 1.29 is 27.4 Å². The second-order valence-electron chi connectivity index (χ2n) is 1.92. The second-order valence-corrected chi connectivity index (χ2v) is 1.92. The standard InChI is InChI=1S/C6H3F3O3/c1-2-4(3(7)5(8)9)12-6(10)11-2/h4H,1H2. The molecule has 1 heterocycles. The molecule has 1 atom stereocenters. The Bertz CT molecular complexity index is 267. The summed E-state index contributed by atoms with van der Waals surface area (Å²) in [4.78, 5) is 10.3. The normalized spacial score (nSPS) is 21.8. The molecule has 0 bridgehead atoms. The molecule has 0 amide bonds. The van der Waals surface area contributed by atoms with Crippen molar-refractivity contribution >= 4 is 6.16 Å². The van der Waals surface area contributed by atoms with Crippen LogP contribution in [0.25, 0.3) is 0 Å². The molecule has 1 saturated heterocycles. The van der Waals surface area contributed by atoms with Crippen molar-refractivity contribution in [2.75, 3.05) is 0 Å². The highest BCUT2D eigenvalue weighted by atomic mass is 19.3. The van der Waals surface area contributed by atoms with Crippen LogP contribution in [0.5, 0.6) is 0 Å². The smallest absolute Gasteiger partial charge is 0.415 e. The van der Waals surface area contributed by atoms with Gasteiger partial charge in [-0.3, -0.25) is 0 Å². The summed E-state index contributed by atoms with van der Waals surface area (Å²) in [5, 5.41) is 0. The number of hydrogen-bond acceptors (Lipinski definition) is 3. The molecule has 0 radical (unpaired) electrons. The van der Waals surface area contributed by atoms with E-state index < -0.39 is 29.9 Å². The molecule has 0 aromatic rings. The molecule has 1 rings (SSSR count). The third-order valence-corrected chi connectivity index (χ3v) is 1.13. The molecule has 0 aliphatic carbocycles. The lowest BCUT2D eigenvalue weighted by atomic mass is 10.3. The molecule has 1 unspecified atom stereocenters. The van der Waals surface area contributed by atoms with E-state index in [4.69, 9.17) is 0 Å². The van der Waals surface area contributed by atoms with E-state index in [2.05, 4.69) is 16.1 Å². The maximum absolute atomic E-state index is 12.4. The van der Waals surface area contributed by atoms with Crippen LogP contribution in [0.1, 0.15) is 0 Å². The van der Waals surface area contributed by atoms with E-state index in [1.165, 1.54) is 0 Å². The Morgan fingerprint density at radius 1 is 1.42 bits per heavy atom. The number of hydrogen-bond donors (Lipinski definition) is 0. The fourth-order valence-electron chi connectivity index (χ4n) is 0.639. The van der Waals surface area contributed by atoms with Crippen LogP contribution in [0.15, 0.2) is 24.2 Å². The van der Waals surface area contributed by atoms with Gasteiger partial charge in [-0.25, -0.2) is 9.18 Å². The van der Waals surface area contributed by atoms with Crippen LogP contribution in [0.3, 0.4) is 0 Å². The number of carbonyl (C=O) groups is 1.